The van der Waals surface area contributed by atoms with Crippen LogP contribution >= 0.6 is 11.6 Å². The molecular formula is C17H21ClN2O. The molecule has 0 aliphatic carbocycles. The molecule has 1 N–H and O–H groups in total. The Labute approximate surface area is 131 Å². The second-order valence-corrected chi connectivity index (χ2v) is 5.47. The smallest absolute Gasteiger partial charge is 0.130 e. The van der Waals surface area contributed by atoms with E-state index >= 15 is 0 Å². The molecular weight excluding hydrogens is 284 g/mol. The maximum absolute atomic E-state index is 5.98. The van der Waals surface area contributed by atoms with Crippen LogP contribution < -0.4 is 10.1 Å². The monoisotopic (exact) mass is 304 g/mol. The molecule has 0 radical (unpaired) electrons. The summed E-state index contributed by atoms with van der Waals surface area (Å²) in [6.45, 7) is 6.49. The molecule has 0 unspecified atom stereocenters. The molecule has 1 aromatic heterocycles. The van der Waals surface area contributed by atoms with E-state index in [0.717, 1.165) is 36.5 Å². The number of rotatable bonds is 7. The van der Waals surface area contributed by atoms with Gasteiger partial charge >= 0.3 is 0 Å². The average Bonchev–Trinajstić information content (AvgIpc) is 2.50. The van der Waals surface area contributed by atoms with E-state index in [4.69, 9.17) is 16.3 Å². The molecule has 3 nitrogen and oxygen atoms in total. The third kappa shape index (κ3) is 5.03. The van der Waals surface area contributed by atoms with Gasteiger partial charge in [-0.25, -0.2) is 0 Å². The summed E-state index contributed by atoms with van der Waals surface area (Å²) in [6, 6.07) is 9.73. The van der Waals surface area contributed by atoms with E-state index in [2.05, 4.69) is 23.3 Å². The van der Waals surface area contributed by atoms with Gasteiger partial charge in [0.1, 0.15) is 12.4 Å². The van der Waals surface area contributed by atoms with Crippen molar-refractivity contribution in [2.45, 2.75) is 33.4 Å². The standard InChI is InChI=1S/C17H21ClN2O/c1-3-8-19-10-14-5-7-16(20-11-14)12-21-17-9-15(18)6-4-13(17)2/h4-7,9,11,19H,3,8,10,12H2,1-2H3. The first-order chi connectivity index (χ1) is 10.2. The van der Waals surface area contributed by atoms with Gasteiger partial charge in [-0.1, -0.05) is 30.7 Å². The van der Waals surface area contributed by atoms with E-state index in [1.165, 1.54) is 5.56 Å². The molecule has 0 spiro atoms. The van der Waals surface area contributed by atoms with Crippen molar-refractivity contribution >= 4 is 11.6 Å². The lowest BCUT2D eigenvalue weighted by Gasteiger charge is -2.09. The molecule has 0 saturated heterocycles. The van der Waals surface area contributed by atoms with E-state index in [1.807, 2.05) is 37.4 Å². The van der Waals surface area contributed by atoms with Crippen molar-refractivity contribution < 1.29 is 4.74 Å². The Morgan fingerprint density at radius 3 is 2.81 bits per heavy atom. The van der Waals surface area contributed by atoms with Gasteiger partial charge in [-0.2, -0.15) is 0 Å². The first-order valence-corrected chi connectivity index (χ1v) is 7.60. The molecule has 21 heavy (non-hydrogen) atoms. The zero-order valence-electron chi connectivity index (χ0n) is 12.5. The predicted molar refractivity (Wildman–Crippen MR) is 86.8 cm³/mol. The topological polar surface area (TPSA) is 34.1 Å². The van der Waals surface area contributed by atoms with Crippen molar-refractivity contribution in [2.75, 3.05) is 6.54 Å². The minimum absolute atomic E-state index is 0.448. The number of pyridine rings is 1. The van der Waals surface area contributed by atoms with Crippen LogP contribution in [0.5, 0.6) is 5.75 Å². The lowest BCUT2D eigenvalue weighted by atomic mass is 10.2. The predicted octanol–water partition coefficient (Wildman–Crippen LogP) is 4.12. The Kier molecular flexibility index (Phi) is 6.03. The number of ether oxygens (including phenoxy) is 1. The lowest BCUT2D eigenvalue weighted by Crippen LogP contribution is -2.14. The van der Waals surface area contributed by atoms with Gasteiger partial charge in [0.05, 0.1) is 5.69 Å². The van der Waals surface area contributed by atoms with Crippen molar-refractivity contribution in [1.29, 1.82) is 0 Å². The summed E-state index contributed by atoms with van der Waals surface area (Å²) in [6.07, 6.45) is 3.03. The molecule has 1 heterocycles. The van der Waals surface area contributed by atoms with Crippen molar-refractivity contribution in [2.24, 2.45) is 0 Å². The number of nitrogens with zero attached hydrogens (tertiary/aromatic N) is 1. The molecule has 2 rings (SSSR count). The van der Waals surface area contributed by atoms with Gasteiger partial charge in [0.2, 0.25) is 0 Å². The summed E-state index contributed by atoms with van der Waals surface area (Å²) >= 11 is 5.98. The van der Waals surface area contributed by atoms with Crippen LogP contribution in [-0.4, -0.2) is 11.5 Å². The first kappa shape index (κ1) is 15.8. The molecule has 4 heteroatoms. The van der Waals surface area contributed by atoms with E-state index in [1.54, 1.807) is 0 Å². The Morgan fingerprint density at radius 1 is 1.24 bits per heavy atom. The van der Waals surface area contributed by atoms with Crippen molar-refractivity contribution in [1.82, 2.24) is 10.3 Å². The van der Waals surface area contributed by atoms with Crippen molar-refractivity contribution in [3.8, 4) is 5.75 Å². The minimum atomic E-state index is 0.448. The number of hydrogen-bond donors (Lipinski definition) is 1. The Bertz CT molecular complexity index is 570. The number of halogens is 1. The van der Waals surface area contributed by atoms with Gasteiger partial charge in [0.25, 0.3) is 0 Å². The molecule has 0 amide bonds. The Hall–Kier alpha value is -1.58. The summed E-state index contributed by atoms with van der Waals surface area (Å²) in [5.74, 6) is 0.804. The van der Waals surface area contributed by atoms with Crippen LogP contribution in [0.15, 0.2) is 36.5 Å². The maximum Gasteiger partial charge on any atom is 0.130 e. The summed E-state index contributed by atoms with van der Waals surface area (Å²) in [7, 11) is 0. The van der Waals surface area contributed by atoms with Gasteiger partial charge in [0.15, 0.2) is 0 Å². The Balaban J connectivity index is 1.90. The van der Waals surface area contributed by atoms with E-state index in [-0.39, 0.29) is 0 Å². The van der Waals surface area contributed by atoms with E-state index < -0.39 is 0 Å². The summed E-state index contributed by atoms with van der Waals surface area (Å²) in [4.78, 5) is 4.43. The number of aryl methyl sites for hydroxylation is 1. The summed E-state index contributed by atoms with van der Waals surface area (Å²) in [5, 5.41) is 4.04. The van der Waals surface area contributed by atoms with Crippen LogP contribution in [0.2, 0.25) is 5.02 Å². The molecule has 0 fully saturated rings. The van der Waals surface area contributed by atoms with Gasteiger partial charge in [0, 0.05) is 17.8 Å². The van der Waals surface area contributed by atoms with Gasteiger partial charge in [-0.15, -0.1) is 0 Å². The third-order valence-electron chi connectivity index (χ3n) is 3.17. The maximum atomic E-state index is 5.98. The second kappa shape index (κ2) is 8.01. The quantitative estimate of drug-likeness (QED) is 0.781. The van der Waals surface area contributed by atoms with Crippen LogP contribution in [0.3, 0.4) is 0 Å². The van der Waals surface area contributed by atoms with Crippen LogP contribution in [-0.2, 0) is 13.2 Å². The largest absolute Gasteiger partial charge is 0.487 e. The van der Waals surface area contributed by atoms with Gasteiger partial charge < -0.3 is 10.1 Å². The highest BCUT2D eigenvalue weighted by molar-refractivity contribution is 6.30. The fourth-order valence-electron chi connectivity index (χ4n) is 1.94. The zero-order valence-corrected chi connectivity index (χ0v) is 13.3. The third-order valence-corrected chi connectivity index (χ3v) is 3.40. The molecule has 0 saturated carbocycles. The molecule has 1 aromatic carbocycles. The first-order valence-electron chi connectivity index (χ1n) is 7.22. The summed E-state index contributed by atoms with van der Waals surface area (Å²) in [5.41, 5.74) is 3.17. The molecule has 0 aliphatic rings. The van der Waals surface area contributed by atoms with Gasteiger partial charge in [-0.3, -0.25) is 4.98 Å². The Morgan fingerprint density at radius 2 is 2.10 bits per heavy atom. The molecule has 112 valence electrons. The fraction of sp³-hybridized carbons (Fsp3) is 0.353. The lowest BCUT2D eigenvalue weighted by molar-refractivity contribution is 0.299. The molecule has 0 bridgehead atoms. The van der Waals surface area contributed by atoms with Gasteiger partial charge in [-0.05, 0) is 49.2 Å². The highest BCUT2D eigenvalue weighted by Crippen LogP contribution is 2.23. The highest BCUT2D eigenvalue weighted by atomic mass is 35.5. The van der Waals surface area contributed by atoms with Crippen molar-refractivity contribution in [3.63, 3.8) is 0 Å². The normalized spacial score (nSPS) is 10.6. The number of nitrogens with one attached hydrogen (secondary N) is 1. The zero-order chi connectivity index (χ0) is 15.1. The number of benzene rings is 1. The SMILES string of the molecule is CCCNCc1ccc(COc2cc(Cl)ccc2C)nc1. The van der Waals surface area contributed by atoms with E-state index in [9.17, 15) is 0 Å². The summed E-state index contributed by atoms with van der Waals surface area (Å²) < 4.78 is 5.78. The number of hydrogen-bond acceptors (Lipinski definition) is 3. The van der Waals surface area contributed by atoms with Crippen LogP contribution in [0, 0.1) is 6.92 Å². The fourth-order valence-corrected chi connectivity index (χ4v) is 2.10. The van der Waals surface area contributed by atoms with Crippen LogP contribution in [0.4, 0.5) is 0 Å². The van der Waals surface area contributed by atoms with Crippen LogP contribution in [0.1, 0.15) is 30.2 Å². The number of aromatic nitrogens is 1. The minimum Gasteiger partial charge on any atom is -0.487 e. The highest BCUT2D eigenvalue weighted by Gasteiger charge is 2.02. The van der Waals surface area contributed by atoms with Crippen LogP contribution in [0.25, 0.3) is 0 Å². The molecule has 2 aromatic rings. The average molecular weight is 305 g/mol. The van der Waals surface area contributed by atoms with Crippen molar-refractivity contribution in [3.05, 3.63) is 58.4 Å². The van der Waals surface area contributed by atoms with E-state index in [0.29, 0.717) is 11.6 Å². The molecule has 0 aliphatic heterocycles. The second-order valence-electron chi connectivity index (χ2n) is 5.03. The molecule has 0 atom stereocenters.